The van der Waals surface area contributed by atoms with Crippen LogP contribution in [0.1, 0.15) is 5.69 Å². The number of fused-ring (bicyclic) bond motifs is 1. The number of halogens is 2. The van der Waals surface area contributed by atoms with Crippen LogP contribution >= 0.6 is 34.9 Å². The molecule has 0 aliphatic carbocycles. The quantitative estimate of drug-likeness (QED) is 0.610. The van der Waals surface area contributed by atoms with Crippen molar-refractivity contribution in [3.8, 4) is 0 Å². The average Bonchev–Trinajstić information content (AvgIpc) is 2.34. The van der Waals surface area contributed by atoms with E-state index in [-0.39, 0.29) is 0 Å². The first-order valence-corrected chi connectivity index (χ1v) is 4.59. The van der Waals surface area contributed by atoms with Gasteiger partial charge in [0.2, 0.25) is 0 Å². The highest BCUT2D eigenvalue weighted by Crippen LogP contribution is 2.32. The lowest BCUT2D eigenvalue weighted by Crippen LogP contribution is -2.30. The summed E-state index contributed by atoms with van der Waals surface area (Å²) < 4.78 is 3.17. The molecule has 1 aliphatic heterocycles. The first-order chi connectivity index (χ1) is 5.27. The van der Waals surface area contributed by atoms with E-state index < -0.39 is 0 Å². The van der Waals surface area contributed by atoms with E-state index >= 15 is 0 Å². The van der Waals surface area contributed by atoms with Gasteiger partial charge in [0.15, 0.2) is 0 Å². The van der Waals surface area contributed by atoms with Gasteiger partial charge in [0, 0.05) is 11.8 Å². The minimum Gasteiger partial charge on any atom is -0.258 e. The van der Waals surface area contributed by atoms with Gasteiger partial charge in [-0.15, -0.1) is 11.3 Å². The number of anilines is 1. The largest absolute Gasteiger partial charge is 0.258 e. The third kappa shape index (κ3) is 1.31. The minimum atomic E-state index is 0.540. The van der Waals surface area contributed by atoms with Crippen LogP contribution in [0.15, 0.2) is 5.51 Å². The third-order valence-corrected chi connectivity index (χ3v) is 2.93. The number of aromatic nitrogens is 1. The summed E-state index contributed by atoms with van der Waals surface area (Å²) >= 11 is 13.2. The van der Waals surface area contributed by atoms with Gasteiger partial charge in [-0.25, -0.2) is 4.98 Å². The van der Waals surface area contributed by atoms with Gasteiger partial charge in [-0.2, -0.15) is 4.42 Å². The van der Waals surface area contributed by atoms with Crippen LogP contribution in [0.2, 0.25) is 0 Å². The molecular formula is C5H5Cl2N3S. The molecule has 1 aromatic rings. The Morgan fingerprint density at radius 2 is 2.36 bits per heavy atom. The summed E-state index contributed by atoms with van der Waals surface area (Å²) in [5.41, 5.74) is 2.72. The van der Waals surface area contributed by atoms with Crippen molar-refractivity contribution >= 4 is 39.9 Å². The second-order valence-corrected chi connectivity index (χ2v) is 3.95. The first kappa shape index (κ1) is 7.61. The Morgan fingerprint density at radius 3 is 3.18 bits per heavy atom. The van der Waals surface area contributed by atoms with Crippen LogP contribution in [0.5, 0.6) is 0 Å². The number of nitrogens with zero attached hydrogens (tertiary/aromatic N) is 3. The molecule has 1 aliphatic rings. The average molecular weight is 210 g/mol. The first-order valence-electron chi connectivity index (χ1n) is 3.04. The maximum atomic E-state index is 5.86. The van der Waals surface area contributed by atoms with Gasteiger partial charge >= 0.3 is 0 Å². The van der Waals surface area contributed by atoms with Gasteiger partial charge in [-0.05, 0) is 11.8 Å². The van der Waals surface area contributed by atoms with Gasteiger partial charge in [0.25, 0.3) is 0 Å². The summed E-state index contributed by atoms with van der Waals surface area (Å²) in [7, 11) is 0. The third-order valence-electron chi connectivity index (χ3n) is 1.44. The van der Waals surface area contributed by atoms with Crippen molar-refractivity contribution in [1.82, 2.24) is 9.40 Å². The molecule has 0 fully saturated rings. The van der Waals surface area contributed by atoms with Crippen molar-refractivity contribution in [1.29, 1.82) is 0 Å². The molecule has 0 N–H and O–H groups in total. The van der Waals surface area contributed by atoms with Crippen molar-refractivity contribution < 1.29 is 0 Å². The van der Waals surface area contributed by atoms with E-state index in [0.29, 0.717) is 13.2 Å². The molecule has 2 heterocycles. The van der Waals surface area contributed by atoms with Crippen LogP contribution in [0.25, 0.3) is 0 Å². The molecule has 60 valence electrons. The Hall–Kier alpha value is -0.0300. The second kappa shape index (κ2) is 2.79. The fraction of sp³-hybridized carbons (Fsp3) is 0.400. The molecule has 0 bridgehead atoms. The minimum absolute atomic E-state index is 0.540. The lowest BCUT2D eigenvalue weighted by molar-refractivity contribution is 0.445. The lowest BCUT2D eigenvalue weighted by Gasteiger charge is -2.25. The molecule has 3 nitrogen and oxygen atoms in total. The zero-order chi connectivity index (χ0) is 7.84. The van der Waals surface area contributed by atoms with E-state index in [9.17, 15) is 0 Å². The van der Waals surface area contributed by atoms with Crippen LogP contribution in [-0.4, -0.2) is 16.1 Å². The number of rotatable bonds is 0. The smallest absolute Gasteiger partial charge is 0.132 e. The number of thiazole rings is 1. The van der Waals surface area contributed by atoms with E-state index in [2.05, 4.69) is 4.98 Å². The highest BCUT2D eigenvalue weighted by atomic mass is 35.5. The Labute approximate surface area is 78.4 Å². The van der Waals surface area contributed by atoms with Crippen molar-refractivity contribution in [2.24, 2.45) is 0 Å². The maximum Gasteiger partial charge on any atom is 0.132 e. The summed E-state index contributed by atoms with van der Waals surface area (Å²) in [6.45, 7) is 1.21. The van der Waals surface area contributed by atoms with Crippen LogP contribution in [0.3, 0.4) is 0 Å². The zero-order valence-corrected chi connectivity index (χ0v) is 7.83. The molecule has 11 heavy (non-hydrogen) atoms. The fourth-order valence-corrected chi connectivity index (χ4v) is 2.31. The van der Waals surface area contributed by atoms with Gasteiger partial charge in [-0.1, -0.05) is 0 Å². The molecule has 1 aromatic heterocycles. The highest BCUT2D eigenvalue weighted by Gasteiger charge is 2.22. The van der Waals surface area contributed by atoms with Gasteiger partial charge in [-0.3, -0.25) is 4.42 Å². The molecule has 0 saturated carbocycles. The summed E-state index contributed by atoms with van der Waals surface area (Å²) in [5.74, 6) is 0. The molecule has 6 heteroatoms. The molecule has 0 unspecified atom stereocenters. The fourth-order valence-electron chi connectivity index (χ4n) is 0.980. The van der Waals surface area contributed by atoms with Crippen molar-refractivity contribution in [2.75, 3.05) is 11.1 Å². The maximum absolute atomic E-state index is 5.86. The van der Waals surface area contributed by atoms with Crippen LogP contribution in [0.4, 0.5) is 5.00 Å². The standard InChI is InChI=1S/C5H5Cl2N3S/c6-9-1-4-5(10(7)3-9)11-2-8-4/h2H,1,3H2. The van der Waals surface area contributed by atoms with E-state index in [1.165, 1.54) is 11.3 Å². The van der Waals surface area contributed by atoms with Crippen molar-refractivity contribution in [3.63, 3.8) is 0 Å². The monoisotopic (exact) mass is 209 g/mol. The summed E-state index contributed by atoms with van der Waals surface area (Å²) in [6, 6.07) is 0. The number of hydrogen-bond acceptors (Lipinski definition) is 4. The molecule has 0 spiro atoms. The lowest BCUT2D eigenvalue weighted by atomic mass is 10.4. The summed E-state index contributed by atoms with van der Waals surface area (Å²) in [6.07, 6.45) is 0. The van der Waals surface area contributed by atoms with E-state index in [1.54, 1.807) is 14.3 Å². The normalized spacial score (nSPS) is 18.5. The van der Waals surface area contributed by atoms with Crippen molar-refractivity contribution in [2.45, 2.75) is 6.54 Å². The van der Waals surface area contributed by atoms with E-state index in [1.807, 2.05) is 0 Å². The predicted molar refractivity (Wildman–Crippen MR) is 46.7 cm³/mol. The Bertz CT molecular complexity index is 264. The summed E-state index contributed by atoms with van der Waals surface area (Å²) in [5, 5.41) is 1.00. The van der Waals surface area contributed by atoms with Crippen LogP contribution in [0, 0.1) is 0 Å². The molecule has 0 atom stereocenters. The second-order valence-electron chi connectivity index (χ2n) is 2.23. The Balaban J connectivity index is 2.36. The molecule has 0 amide bonds. The van der Waals surface area contributed by atoms with E-state index in [0.717, 1.165) is 10.7 Å². The molecular weight excluding hydrogens is 205 g/mol. The number of hydrogen-bond donors (Lipinski definition) is 0. The van der Waals surface area contributed by atoms with Gasteiger partial charge < -0.3 is 0 Å². The van der Waals surface area contributed by atoms with Crippen molar-refractivity contribution in [3.05, 3.63) is 11.2 Å². The molecule has 0 radical (unpaired) electrons. The Kier molecular flexibility index (Phi) is 1.93. The molecule has 2 rings (SSSR count). The summed E-state index contributed by atoms with van der Waals surface area (Å²) in [4.78, 5) is 4.12. The van der Waals surface area contributed by atoms with Crippen LogP contribution < -0.4 is 4.42 Å². The SMILES string of the molecule is ClN1Cc2ncsc2N(Cl)C1. The topological polar surface area (TPSA) is 19.4 Å². The molecule has 0 aromatic carbocycles. The van der Waals surface area contributed by atoms with Crippen LogP contribution in [-0.2, 0) is 6.54 Å². The van der Waals surface area contributed by atoms with Gasteiger partial charge in [0.05, 0.1) is 17.7 Å². The van der Waals surface area contributed by atoms with Gasteiger partial charge in [0.1, 0.15) is 11.7 Å². The van der Waals surface area contributed by atoms with E-state index in [4.69, 9.17) is 23.6 Å². The highest BCUT2D eigenvalue weighted by molar-refractivity contribution is 7.14. The predicted octanol–water partition coefficient (Wildman–Crippen LogP) is 2.03. The zero-order valence-electron chi connectivity index (χ0n) is 5.50. The molecule has 0 saturated heterocycles. The Morgan fingerprint density at radius 1 is 1.55 bits per heavy atom.